The van der Waals surface area contributed by atoms with Crippen LogP contribution in [-0.4, -0.2) is 39.2 Å². The zero-order valence-electron chi connectivity index (χ0n) is 20.5. The molecule has 33 heavy (non-hydrogen) atoms. The van der Waals surface area contributed by atoms with E-state index < -0.39 is 0 Å². The summed E-state index contributed by atoms with van der Waals surface area (Å²) in [6.45, 7) is 14.2. The smallest absolute Gasteiger partial charge is 0.266 e. The number of hydrogen-bond acceptors (Lipinski definition) is 4. The molecule has 176 valence electrons. The highest BCUT2D eigenvalue weighted by Crippen LogP contribution is 2.23. The number of carbonyl (C=O) groups excluding carboxylic acids is 1. The van der Waals surface area contributed by atoms with E-state index in [9.17, 15) is 9.59 Å². The van der Waals surface area contributed by atoms with Gasteiger partial charge in [-0.3, -0.25) is 14.2 Å². The van der Waals surface area contributed by atoms with Crippen LogP contribution in [0.15, 0.2) is 58.5 Å². The summed E-state index contributed by atoms with van der Waals surface area (Å²) in [6, 6.07) is 15.4. The van der Waals surface area contributed by atoms with Gasteiger partial charge in [0.25, 0.3) is 5.56 Å². The third-order valence-corrected chi connectivity index (χ3v) is 6.33. The Balaban J connectivity index is 1.98. The summed E-state index contributed by atoms with van der Waals surface area (Å²) in [5.41, 5.74) is 2.50. The molecule has 3 rings (SSSR count). The Kier molecular flexibility index (Phi) is 8.35. The van der Waals surface area contributed by atoms with E-state index in [0.717, 1.165) is 18.8 Å². The summed E-state index contributed by atoms with van der Waals surface area (Å²) < 4.78 is 1.64. The Labute approximate surface area is 201 Å². The van der Waals surface area contributed by atoms with Crippen molar-refractivity contribution in [3.63, 3.8) is 0 Å². The zero-order valence-corrected chi connectivity index (χ0v) is 21.4. The van der Waals surface area contributed by atoms with Crippen molar-refractivity contribution >= 4 is 28.6 Å². The SMILES string of the molecule is CC(C)CN(CC(C)C)C(=O)CSc1nc2ccccc2c(=O)n1-c1ccc(C(C)C)cc1. The molecule has 3 aromatic rings. The van der Waals surface area contributed by atoms with Gasteiger partial charge in [-0.15, -0.1) is 0 Å². The number of nitrogens with zero attached hydrogens (tertiary/aromatic N) is 3. The molecule has 0 fully saturated rings. The van der Waals surface area contributed by atoms with Gasteiger partial charge in [-0.25, -0.2) is 4.98 Å². The number of hydrogen-bond donors (Lipinski definition) is 0. The first-order valence-electron chi connectivity index (χ1n) is 11.7. The maximum Gasteiger partial charge on any atom is 0.266 e. The van der Waals surface area contributed by atoms with Crippen LogP contribution in [0.4, 0.5) is 0 Å². The van der Waals surface area contributed by atoms with Gasteiger partial charge in [0, 0.05) is 13.1 Å². The Morgan fingerprint density at radius 1 is 0.939 bits per heavy atom. The van der Waals surface area contributed by atoms with Crippen LogP contribution in [0.2, 0.25) is 0 Å². The number of aromatic nitrogens is 2. The Morgan fingerprint density at radius 2 is 1.55 bits per heavy atom. The highest BCUT2D eigenvalue weighted by atomic mass is 32.2. The lowest BCUT2D eigenvalue weighted by Gasteiger charge is -2.26. The highest BCUT2D eigenvalue weighted by molar-refractivity contribution is 7.99. The second-order valence-electron chi connectivity index (χ2n) is 9.67. The summed E-state index contributed by atoms with van der Waals surface area (Å²) in [7, 11) is 0. The van der Waals surface area contributed by atoms with Crippen molar-refractivity contribution in [3.8, 4) is 5.69 Å². The molecular weight excluding hydrogens is 430 g/mol. The van der Waals surface area contributed by atoms with Crippen molar-refractivity contribution in [2.45, 2.75) is 52.6 Å². The minimum atomic E-state index is -0.117. The lowest BCUT2D eigenvalue weighted by atomic mass is 10.0. The lowest BCUT2D eigenvalue weighted by Crippen LogP contribution is -2.38. The Morgan fingerprint density at radius 3 is 2.12 bits per heavy atom. The van der Waals surface area contributed by atoms with E-state index in [4.69, 9.17) is 4.98 Å². The van der Waals surface area contributed by atoms with Gasteiger partial charge in [-0.05, 0) is 47.6 Å². The van der Waals surface area contributed by atoms with Crippen molar-refractivity contribution in [1.82, 2.24) is 14.5 Å². The first-order chi connectivity index (χ1) is 15.7. The molecule has 1 aromatic heterocycles. The molecule has 0 aliphatic carbocycles. The van der Waals surface area contributed by atoms with E-state index in [0.29, 0.717) is 33.8 Å². The molecule has 0 saturated carbocycles. The first-order valence-corrected chi connectivity index (χ1v) is 12.7. The van der Waals surface area contributed by atoms with Gasteiger partial charge in [0.1, 0.15) is 0 Å². The second kappa shape index (κ2) is 11.0. The van der Waals surface area contributed by atoms with E-state index in [-0.39, 0.29) is 17.2 Å². The molecule has 2 aromatic carbocycles. The van der Waals surface area contributed by atoms with Crippen LogP contribution in [0.5, 0.6) is 0 Å². The summed E-state index contributed by atoms with van der Waals surface area (Å²) in [6.07, 6.45) is 0. The quantitative estimate of drug-likeness (QED) is 0.299. The number of carbonyl (C=O) groups is 1. The number of fused-ring (bicyclic) bond motifs is 1. The van der Waals surface area contributed by atoms with Crippen LogP contribution in [0.1, 0.15) is 53.0 Å². The van der Waals surface area contributed by atoms with E-state index >= 15 is 0 Å². The first kappa shape index (κ1) is 25.0. The van der Waals surface area contributed by atoms with E-state index in [2.05, 4.69) is 41.5 Å². The van der Waals surface area contributed by atoms with E-state index in [1.807, 2.05) is 47.4 Å². The molecule has 0 unspecified atom stereocenters. The van der Waals surface area contributed by atoms with Crippen molar-refractivity contribution < 1.29 is 4.79 Å². The normalized spacial score (nSPS) is 11.7. The van der Waals surface area contributed by atoms with E-state index in [1.165, 1.54) is 17.3 Å². The van der Waals surface area contributed by atoms with Crippen LogP contribution in [0.3, 0.4) is 0 Å². The molecule has 0 spiro atoms. The average molecular weight is 466 g/mol. The predicted molar refractivity (Wildman–Crippen MR) is 138 cm³/mol. The Hall–Kier alpha value is -2.60. The maximum atomic E-state index is 13.5. The van der Waals surface area contributed by atoms with Crippen LogP contribution >= 0.6 is 11.8 Å². The predicted octanol–water partition coefficient (Wildman–Crippen LogP) is 5.74. The number of amides is 1. The third-order valence-electron chi connectivity index (χ3n) is 5.41. The minimum Gasteiger partial charge on any atom is -0.341 e. The summed E-state index contributed by atoms with van der Waals surface area (Å²) in [5.74, 6) is 1.52. The molecule has 0 saturated heterocycles. The van der Waals surface area contributed by atoms with Crippen molar-refractivity contribution in [1.29, 1.82) is 0 Å². The molecular formula is C27H35N3O2S. The zero-order chi connectivity index (χ0) is 24.1. The van der Waals surface area contributed by atoms with E-state index in [1.54, 1.807) is 10.6 Å². The maximum absolute atomic E-state index is 13.5. The number of para-hydroxylation sites is 1. The van der Waals surface area contributed by atoms with Gasteiger partial charge in [0.15, 0.2) is 5.16 Å². The summed E-state index contributed by atoms with van der Waals surface area (Å²) in [5, 5.41) is 1.11. The second-order valence-corrected chi connectivity index (χ2v) is 10.6. The van der Waals surface area contributed by atoms with Crippen LogP contribution < -0.4 is 5.56 Å². The highest BCUT2D eigenvalue weighted by Gasteiger charge is 2.19. The molecule has 1 heterocycles. The van der Waals surface area contributed by atoms with Gasteiger partial charge in [0.05, 0.1) is 22.3 Å². The fourth-order valence-electron chi connectivity index (χ4n) is 3.82. The molecule has 5 nitrogen and oxygen atoms in total. The molecule has 0 bridgehead atoms. The van der Waals surface area contributed by atoms with Crippen molar-refractivity contribution in [3.05, 3.63) is 64.4 Å². The molecule has 0 aliphatic rings. The topological polar surface area (TPSA) is 55.2 Å². The Bertz CT molecular complexity index is 1140. The van der Waals surface area contributed by atoms with Gasteiger partial charge in [-0.2, -0.15) is 0 Å². The van der Waals surface area contributed by atoms with Crippen molar-refractivity contribution in [2.24, 2.45) is 11.8 Å². The standard InChI is InChI=1S/C27H35N3O2S/c1-18(2)15-29(16-19(3)4)25(31)17-33-27-28-24-10-8-7-9-23(24)26(32)30(27)22-13-11-21(12-14-22)20(5)6/h7-14,18-20H,15-17H2,1-6H3. The molecule has 0 aliphatic heterocycles. The van der Waals surface area contributed by atoms with Gasteiger partial charge < -0.3 is 4.90 Å². The fraction of sp³-hybridized carbons (Fsp3) is 0.444. The van der Waals surface area contributed by atoms with Crippen molar-refractivity contribution in [2.75, 3.05) is 18.8 Å². The molecule has 0 atom stereocenters. The van der Waals surface area contributed by atoms with Crippen LogP contribution in [0.25, 0.3) is 16.6 Å². The molecule has 6 heteroatoms. The molecule has 0 radical (unpaired) electrons. The number of benzene rings is 2. The van der Waals surface area contributed by atoms with Crippen LogP contribution in [-0.2, 0) is 4.79 Å². The third kappa shape index (κ3) is 6.26. The molecule has 1 amide bonds. The van der Waals surface area contributed by atoms with Gasteiger partial charge in [0.2, 0.25) is 5.91 Å². The average Bonchev–Trinajstić information content (AvgIpc) is 2.76. The molecule has 0 N–H and O–H groups in total. The fourth-order valence-corrected chi connectivity index (χ4v) is 4.74. The monoisotopic (exact) mass is 465 g/mol. The van der Waals surface area contributed by atoms with Gasteiger partial charge in [-0.1, -0.05) is 77.6 Å². The van der Waals surface area contributed by atoms with Gasteiger partial charge >= 0.3 is 0 Å². The minimum absolute atomic E-state index is 0.0755. The summed E-state index contributed by atoms with van der Waals surface area (Å²) >= 11 is 1.33. The van der Waals surface area contributed by atoms with Crippen LogP contribution in [0, 0.1) is 11.8 Å². The summed E-state index contributed by atoms with van der Waals surface area (Å²) in [4.78, 5) is 33.3. The largest absolute Gasteiger partial charge is 0.341 e. The lowest BCUT2D eigenvalue weighted by molar-refractivity contribution is -0.129. The number of thioether (sulfide) groups is 1. The number of rotatable bonds is 9.